The van der Waals surface area contributed by atoms with Gasteiger partial charge in [0.15, 0.2) is 0 Å². The lowest BCUT2D eigenvalue weighted by atomic mass is 9.89. The Morgan fingerprint density at radius 3 is 2.34 bits per heavy atom. The van der Waals surface area contributed by atoms with Crippen LogP contribution in [0.25, 0.3) is 0 Å². The Morgan fingerprint density at radius 2 is 1.75 bits per heavy atom. The van der Waals surface area contributed by atoms with E-state index in [0.29, 0.717) is 44.9 Å². The zero-order valence-corrected chi connectivity index (χ0v) is 20.3. The zero-order valence-electron chi connectivity index (χ0n) is 17.2. The molecule has 4 rings (SSSR count). The Kier molecular flexibility index (Phi) is 7.33. The summed E-state index contributed by atoms with van der Waals surface area (Å²) in [5, 5.41) is 15.7. The Hall–Kier alpha value is -1.36. The van der Waals surface area contributed by atoms with Crippen LogP contribution in [0.15, 0.2) is 51.1 Å². The molecule has 0 bridgehead atoms. The van der Waals surface area contributed by atoms with Crippen LogP contribution in [0.3, 0.4) is 0 Å². The third-order valence-corrected chi connectivity index (χ3v) is 9.54. The van der Waals surface area contributed by atoms with Crippen molar-refractivity contribution in [2.75, 3.05) is 19.6 Å². The fourth-order valence-corrected chi connectivity index (χ4v) is 7.96. The molecule has 2 fully saturated rings. The molecule has 0 radical (unpaired) electrons. The van der Waals surface area contributed by atoms with E-state index in [1.54, 1.807) is 18.2 Å². The maximum Gasteiger partial charge on any atom is 0.270 e. The summed E-state index contributed by atoms with van der Waals surface area (Å²) in [4.78, 5) is 11.8. The fourth-order valence-electron chi connectivity index (χ4n) is 4.38. The van der Waals surface area contributed by atoms with Gasteiger partial charge >= 0.3 is 0 Å². The number of hydrogen-bond acceptors (Lipinski definition) is 6. The van der Waals surface area contributed by atoms with Crippen LogP contribution in [0.4, 0.5) is 5.69 Å². The summed E-state index contributed by atoms with van der Waals surface area (Å²) in [7, 11) is -3.91. The molecule has 2 aromatic carbocycles. The van der Waals surface area contributed by atoms with Gasteiger partial charge in [-0.05, 0) is 62.4 Å². The minimum atomic E-state index is -3.91. The lowest BCUT2D eigenvalue weighted by Gasteiger charge is -2.34. The van der Waals surface area contributed by atoms with Gasteiger partial charge in [0.05, 0.1) is 4.92 Å². The quantitative estimate of drug-likeness (QED) is 0.419. The average Bonchev–Trinajstić information content (AvgIpc) is 3.28. The molecular formula is C21H23Cl2N3O4S2. The van der Waals surface area contributed by atoms with Gasteiger partial charge in [-0.25, -0.2) is 8.42 Å². The van der Waals surface area contributed by atoms with Gasteiger partial charge in [0.1, 0.15) is 4.90 Å². The molecule has 1 N–H and O–H groups in total. The molecule has 0 aromatic heterocycles. The van der Waals surface area contributed by atoms with Crippen LogP contribution in [-0.2, 0) is 10.0 Å². The Bertz CT molecular complexity index is 1100. The molecule has 2 aliphatic rings. The predicted octanol–water partition coefficient (Wildman–Crippen LogP) is 5.21. The molecule has 7 nitrogen and oxygen atoms in total. The van der Waals surface area contributed by atoms with E-state index in [0.717, 1.165) is 38.3 Å². The fraction of sp³-hybridized carbons (Fsp3) is 0.429. The molecule has 32 heavy (non-hydrogen) atoms. The van der Waals surface area contributed by atoms with Crippen molar-refractivity contribution in [3.05, 3.63) is 56.6 Å². The molecule has 2 aromatic rings. The molecule has 2 heterocycles. The average molecular weight is 516 g/mol. The van der Waals surface area contributed by atoms with Crippen LogP contribution in [0, 0.1) is 16.0 Å². The van der Waals surface area contributed by atoms with Crippen molar-refractivity contribution in [1.82, 2.24) is 9.62 Å². The standard InChI is InChI=1S/C21H23Cl2N3O4S2/c22-15-10-16(23)12-18(11-15)31-20-4-3-17(26(27)28)13-21(20)32(29,30)25-8-5-14(6-9-25)19-2-1-7-24-19/h3-4,10-14,19,24H,1-2,5-9H2. The normalized spacial score (nSPS) is 20.5. The van der Waals surface area contributed by atoms with Crippen molar-refractivity contribution in [1.29, 1.82) is 0 Å². The Balaban J connectivity index is 1.62. The number of piperidine rings is 1. The zero-order chi connectivity index (χ0) is 22.9. The molecule has 11 heteroatoms. The minimum absolute atomic E-state index is 0.0646. The second-order valence-electron chi connectivity index (χ2n) is 8.04. The first-order valence-electron chi connectivity index (χ1n) is 10.4. The van der Waals surface area contributed by atoms with Crippen molar-refractivity contribution in [2.45, 2.75) is 46.4 Å². The highest BCUT2D eigenvalue weighted by molar-refractivity contribution is 8.00. The van der Waals surface area contributed by atoms with Crippen molar-refractivity contribution in [3.8, 4) is 0 Å². The van der Waals surface area contributed by atoms with Crippen LogP contribution in [0.2, 0.25) is 10.0 Å². The van der Waals surface area contributed by atoms with E-state index in [9.17, 15) is 18.5 Å². The number of nitrogens with one attached hydrogen (secondary N) is 1. The highest BCUT2D eigenvalue weighted by Crippen LogP contribution is 2.39. The summed E-state index contributed by atoms with van der Waals surface area (Å²) < 4.78 is 28.6. The Labute approximate surface area is 201 Å². The second-order valence-corrected chi connectivity index (χ2v) is 11.9. The van der Waals surface area contributed by atoms with Crippen molar-refractivity contribution >= 4 is 50.7 Å². The summed E-state index contributed by atoms with van der Waals surface area (Å²) in [6.07, 6.45) is 3.84. The topological polar surface area (TPSA) is 92.5 Å². The lowest BCUT2D eigenvalue weighted by molar-refractivity contribution is -0.385. The van der Waals surface area contributed by atoms with Crippen molar-refractivity contribution < 1.29 is 13.3 Å². The number of nitro benzene ring substituents is 1. The van der Waals surface area contributed by atoms with E-state index in [1.165, 1.54) is 28.2 Å². The number of benzene rings is 2. The van der Waals surface area contributed by atoms with E-state index in [1.807, 2.05) is 0 Å². The number of halogens is 2. The van der Waals surface area contributed by atoms with E-state index in [2.05, 4.69) is 5.32 Å². The van der Waals surface area contributed by atoms with Gasteiger partial charge in [-0.2, -0.15) is 4.31 Å². The van der Waals surface area contributed by atoms with Crippen LogP contribution in [0.1, 0.15) is 25.7 Å². The van der Waals surface area contributed by atoms with Crippen molar-refractivity contribution in [3.63, 3.8) is 0 Å². The molecule has 0 spiro atoms. The van der Waals surface area contributed by atoms with Gasteiger partial charge in [-0.1, -0.05) is 35.0 Å². The number of sulfonamides is 1. The maximum atomic E-state index is 13.6. The maximum absolute atomic E-state index is 13.6. The molecule has 1 atom stereocenters. The molecule has 0 aliphatic carbocycles. The number of hydrogen-bond donors (Lipinski definition) is 1. The van der Waals surface area contributed by atoms with Crippen molar-refractivity contribution in [2.24, 2.45) is 5.92 Å². The minimum Gasteiger partial charge on any atom is -0.314 e. The summed E-state index contributed by atoms with van der Waals surface area (Å²) >= 11 is 13.3. The summed E-state index contributed by atoms with van der Waals surface area (Å²) in [6, 6.07) is 9.33. The lowest BCUT2D eigenvalue weighted by Crippen LogP contribution is -2.43. The van der Waals surface area contributed by atoms with Gasteiger partial charge in [0.25, 0.3) is 5.69 Å². The van der Waals surface area contributed by atoms with E-state index in [4.69, 9.17) is 23.2 Å². The van der Waals surface area contributed by atoms with Crippen LogP contribution in [0.5, 0.6) is 0 Å². The molecule has 2 aliphatic heterocycles. The van der Waals surface area contributed by atoms with Gasteiger partial charge in [-0.3, -0.25) is 10.1 Å². The van der Waals surface area contributed by atoms with E-state index in [-0.39, 0.29) is 10.6 Å². The molecule has 0 saturated carbocycles. The van der Waals surface area contributed by atoms with Crippen LogP contribution < -0.4 is 5.32 Å². The van der Waals surface area contributed by atoms with E-state index >= 15 is 0 Å². The van der Waals surface area contributed by atoms with Crippen LogP contribution >= 0.6 is 35.0 Å². The summed E-state index contributed by atoms with van der Waals surface area (Å²) in [5.41, 5.74) is -0.262. The molecule has 172 valence electrons. The number of nitrogens with zero attached hydrogens (tertiary/aromatic N) is 2. The largest absolute Gasteiger partial charge is 0.314 e. The molecule has 2 saturated heterocycles. The van der Waals surface area contributed by atoms with Gasteiger partial charge in [-0.15, -0.1) is 0 Å². The first-order valence-corrected chi connectivity index (χ1v) is 13.4. The number of nitro groups is 1. The van der Waals surface area contributed by atoms with Gasteiger partial charge in [0, 0.05) is 51.1 Å². The third kappa shape index (κ3) is 5.24. The molecular weight excluding hydrogens is 493 g/mol. The monoisotopic (exact) mass is 515 g/mol. The van der Waals surface area contributed by atoms with Gasteiger partial charge in [0.2, 0.25) is 10.0 Å². The van der Waals surface area contributed by atoms with E-state index < -0.39 is 14.9 Å². The molecule has 0 amide bonds. The summed E-state index contributed by atoms with van der Waals surface area (Å²) in [6.45, 7) is 1.83. The molecule has 1 unspecified atom stereocenters. The van der Waals surface area contributed by atoms with Gasteiger partial charge < -0.3 is 5.32 Å². The summed E-state index contributed by atoms with van der Waals surface area (Å²) in [5.74, 6) is 0.455. The highest BCUT2D eigenvalue weighted by Gasteiger charge is 2.35. The third-order valence-electron chi connectivity index (χ3n) is 5.99. The Morgan fingerprint density at radius 1 is 1.06 bits per heavy atom. The highest BCUT2D eigenvalue weighted by atomic mass is 35.5. The second kappa shape index (κ2) is 9.87. The number of rotatable bonds is 6. The predicted molar refractivity (Wildman–Crippen MR) is 126 cm³/mol. The first kappa shape index (κ1) is 23.8. The SMILES string of the molecule is O=[N+]([O-])c1ccc(Sc2cc(Cl)cc(Cl)c2)c(S(=O)(=O)N2CCC(C3CCCN3)CC2)c1. The number of non-ortho nitro benzene ring substituents is 1. The van der Waals surface area contributed by atoms with Crippen LogP contribution in [-0.4, -0.2) is 43.3 Å². The first-order chi connectivity index (χ1) is 15.2. The smallest absolute Gasteiger partial charge is 0.270 e.